The summed E-state index contributed by atoms with van der Waals surface area (Å²) in [5.74, 6) is -4.43. The van der Waals surface area contributed by atoms with E-state index < -0.39 is 84.6 Å². The molecule has 4 amide bonds. The summed E-state index contributed by atoms with van der Waals surface area (Å²) in [5.41, 5.74) is 11.7. The molecule has 0 saturated carbocycles. The highest BCUT2D eigenvalue weighted by molar-refractivity contribution is 5.95. The highest BCUT2D eigenvalue weighted by Gasteiger charge is 2.47. The van der Waals surface area contributed by atoms with Crippen LogP contribution in [0.3, 0.4) is 0 Å². The number of hydrogen-bond acceptors (Lipinski definition) is 14. The third-order valence-electron chi connectivity index (χ3n) is 7.97. The lowest BCUT2D eigenvalue weighted by Gasteiger charge is -2.41. The van der Waals surface area contributed by atoms with E-state index in [1.54, 1.807) is 13.8 Å². The van der Waals surface area contributed by atoms with E-state index in [0.717, 1.165) is 12.5 Å². The Labute approximate surface area is 272 Å². The fourth-order valence-corrected chi connectivity index (χ4v) is 5.13. The van der Waals surface area contributed by atoms with Gasteiger partial charge in [0.05, 0.1) is 6.67 Å². The number of aliphatic hydroxyl groups excluding tert-OH is 2. The Bertz CT molecular complexity index is 1210. The lowest BCUT2D eigenvalue weighted by molar-refractivity contribution is -0.251. The number of nitrogens with zero attached hydrogens (tertiary/aromatic N) is 1. The molecule has 0 spiro atoms. The molecule has 0 bridgehead atoms. The first-order valence-corrected chi connectivity index (χ1v) is 15.2. The van der Waals surface area contributed by atoms with Crippen molar-refractivity contribution in [2.75, 3.05) is 20.9 Å². The predicted molar refractivity (Wildman–Crippen MR) is 161 cm³/mol. The second-order valence-electron chi connectivity index (χ2n) is 11.9. The van der Waals surface area contributed by atoms with Crippen LogP contribution in [0, 0.1) is 5.92 Å². The van der Waals surface area contributed by atoms with E-state index in [-0.39, 0.29) is 24.5 Å². The van der Waals surface area contributed by atoms with E-state index in [9.17, 15) is 34.2 Å². The van der Waals surface area contributed by atoms with Crippen molar-refractivity contribution in [3.8, 4) is 0 Å². The normalized spacial score (nSPS) is 28.0. The summed E-state index contributed by atoms with van der Waals surface area (Å²) in [6.07, 6.45) is -6.18. The third-order valence-corrected chi connectivity index (χ3v) is 7.97. The fourth-order valence-electron chi connectivity index (χ4n) is 5.13. The lowest BCUT2D eigenvalue weighted by Crippen LogP contribution is -2.61. The molecule has 3 aliphatic heterocycles. The van der Waals surface area contributed by atoms with Crippen LogP contribution in [0.1, 0.15) is 40.0 Å². The largest absolute Gasteiger partial charge is 0.456 e. The van der Waals surface area contributed by atoms with E-state index in [2.05, 4.69) is 16.0 Å². The molecule has 1 fully saturated rings. The van der Waals surface area contributed by atoms with Crippen molar-refractivity contribution in [2.45, 2.75) is 101 Å². The predicted octanol–water partition coefficient (Wildman–Crippen LogP) is -3.22. The Morgan fingerprint density at radius 1 is 1.13 bits per heavy atom. The molecule has 0 aromatic carbocycles. The first-order valence-electron chi connectivity index (χ1n) is 15.2. The molecule has 1 saturated heterocycles. The fraction of sp³-hybridized carbons (Fsp3) is 0.690. The second kappa shape index (κ2) is 16.8. The molecule has 18 heteroatoms. The summed E-state index contributed by atoms with van der Waals surface area (Å²) in [6, 6.07) is -1.99. The van der Waals surface area contributed by atoms with Crippen LogP contribution in [0.4, 0.5) is 0 Å². The Morgan fingerprint density at radius 2 is 1.81 bits per heavy atom. The van der Waals surface area contributed by atoms with Gasteiger partial charge in [-0.2, -0.15) is 0 Å². The van der Waals surface area contributed by atoms with Crippen molar-refractivity contribution in [1.29, 1.82) is 0 Å². The summed E-state index contributed by atoms with van der Waals surface area (Å²) in [5, 5.41) is 29.2. The molecule has 0 aromatic heterocycles. The first kappa shape index (κ1) is 37.6. The van der Waals surface area contributed by atoms with Gasteiger partial charge in [0.15, 0.2) is 11.9 Å². The topological polar surface area (TPSA) is 263 Å². The minimum Gasteiger partial charge on any atom is -0.456 e. The van der Waals surface area contributed by atoms with E-state index in [1.165, 1.54) is 31.4 Å². The summed E-state index contributed by atoms with van der Waals surface area (Å²) in [7, 11) is 2.42. The molecule has 3 rings (SSSR count). The van der Waals surface area contributed by atoms with Crippen molar-refractivity contribution in [1.82, 2.24) is 20.9 Å². The van der Waals surface area contributed by atoms with Gasteiger partial charge in [0.2, 0.25) is 30.2 Å². The molecule has 3 heterocycles. The monoisotopic (exact) mass is 670 g/mol. The van der Waals surface area contributed by atoms with Crippen LogP contribution in [0.15, 0.2) is 24.1 Å². The highest BCUT2D eigenvalue weighted by atomic mass is 16.7. The zero-order valence-electron chi connectivity index (χ0n) is 27.0. The maximum absolute atomic E-state index is 13.1. The molecule has 3 aliphatic rings. The van der Waals surface area contributed by atoms with Gasteiger partial charge in [-0.1, -0.05) is 13.8 Å². The zero-order chi connectivity index (χ0) is 35.0. The maximum atomic E-state index is 13.1. The summed E-state index contributed by atoms with van der Waals surface area (Å²) in [6.45, 7) is 5.13. The molecule has 47 heavy (non-hydrogen) atoms. The number of ether oxygens (including phenoxy) is 5. The van der Waals surface area contributed by atoms with Crippen LogP contribution in [-0.2, 0) is 47.7 Å². The molecular formula is C29H46N6O12. The van der Waals surface area contributed by atoms with Crippen LogP contribution >= 0.6 is 0 Å². The molecule has 264 valence electrons. The maximum Gasteiger partial charge on any atom is 0.325 e. The van der Waals surface area contributed by atoms with Crippen molar-refractivity contribution in [3.05, 3.63) is 24.1 Å². The molecule has 0 aromatic rings. The minimum atomic E-state index is -1.85. The van der Waals surface area contributed by atoms with Gasteiger partial charge in [0, 0.05) is 32.5 Å². The number of esters is 1. The van der Waals surface area contributed by atoms with Gasteiger partial charge >= 0.3 is 5.97 Å². The van der Waals surface area contributed by atoms with Crippen molar-refractivity contribution in [3.63, 3.8) is 0 Å². The van der Waals surface area contributed by atoms with Crippen LogP contribution in [0.2, 0.25) is 0 Å². The molecule has 10 atom stereocenters. The number of carbonyl (C=O) groups excluding carboxylic acids is 5. The number of carbonyl (C=O) groups is 5. The Balaban J connectivity index is 1.86. The average Bonchev–Trinajstić information content (AvgIpc) is 3.18. The highest BCUT2D eigenvalue weighted by Crippen LogP contribution is 2.26. The lowest BCUT2D eigenvalue weighted by atomic mass is 10.0. The number of hydrogen-bond donors (Lipinski definition) is 7. The number of rotatable bonds is 14. The second-order valence-corrected chi connectivity index (χ2v) is 11.9. The number of nitrogens with two attached hydrogens (primary N) is 2. The SMILES string of the molecule is COC([C@@H](OC)[C@@H](OC(=O)[C@@H](N)C(C)C)N1C=CC(=O)NC1)[C@@H](O[C@H]1OC(C(=O)N[C@H]2CCC[C@@H](C)NC2=O)=C[C@H](O)[C@@H]1O)C(N)=O. The standard InChI is InChI=1S/C29H46N6O12/c1-13(2)19(30)28(42)47-27(35-10-9-18(37)32-12-35)23(44-5)21(43-4)22(24(31)39)46-29-20(38)16(36)11-17(45-29)26(41)34-15-8-6-7-14(3)33-25(15)40/h9-11,13-16,19-23,27,29,36,38H,6-8,12,30H2,1-5H3,(H2,31,39)(H,32,37)(H,33,40)(H,34,41)/t14-,15+,16+,19+,20+,21?,22-,23-,27-,29-/m1/s1. The molecular weight excluding hydrogens is 624 g/mol. The van der Waals surface area contributed by atoms with Gasteiger partial charge in [0.25, 0.3) is 5.91 Å². The van der Waals surface area contributed by atoms with E-state index in [4.69, 9.17) is 35.2 Å². The van der Waals surface area contributed by atoms with Gasteiger partial charge in [-0.25, -0.2) is 0 Å². The number of nitrogens with one attached hydrogen (secondary N) is 3. The Morgan fingerprint density at radius 3 is 2.38 bits per heavy atom. The quantitative estimate of drug-likeness (QED) is 0.0897. The van der Waals surface area contributed by atoms with Gasteiger partial charge in [0.1, 0.15) is 36.5 Å². The smallest absolute Gasteiger partial charge is 0.325 e. The number of amides is 4. The summed E-state index contributed by atoms with van der Waals surface area (Å²) >= 11 is 0. The van der Waals surface area contributed by atoms with Crippen molar-refractivity contribution < 1.29 is 57.9 Å². The zero-order valence-corrected chi connectivity index (χ0v) is 27.0. The van der Waals surface area contributed by atoms with Crippen LogP contribution in [0.5, 0.6) is 0 Å². The molecule has 0 aliphatic carbocycles. The number of aliphatic hydroxyl groups is 2. The minimum absolute atomic E-state index is 0.0700. The van der Waals surface area contributed by atoms with Crippen molar-refractivity contribution >= 4 is 29.6 Å². The third kappa shape index (κ3) is 9.61. The molecule has 1 unspecified atom stereocenters. The molecule has 18 nitrogen and oxygen atoms in total. The van der Waals surface area contributed by atoms with Gasteiger partial charge in [-0.15, -0.1) is 0 Å². The Hall–Kier alpha value is -3.81. The summed E-state index contributed by atoms with van der Waals surface area (Å²) in [4.78, 5) is 64.6. The van der Waals surface area contributed by atoms with Crippen LogP contribution in [-0.4, -0.2) is 127 Å². The first-order chi connectivity index (χ1) is 22.2. The van der Waals surface area contributed by atoms with Gasteiger partial charge in [-0.3, -0.25) is 24.0 Å². The molecule has 0 radical (unpaired) electrons. The van der Waals surface area contributed by atoms with Crippen LogP contribution in [0.25, 0.3) is 0 Å². The van der Waals surface area contributed by atoms with E-state index in [0.29, 0.717) is 12.8 Å². The number of primary amides is 1. The van der Waals surface area contributed by atoms with Gasteiger partial charge < -0.3 is 66.2 Å². The van der Waals surface area contributed by atoms with Crippen molar-refractivity contribution in [2.24, 2.45) is 17.4 Å². The molecule has 9 N–H and O–H groups in total. The summed E-state index contributed by atoms with van der Waals surface area (Å²) < 4.78 is 28.3. The number of methoxy groups -OCH3 is 2. The van der Waals surface area contributed by atoms with Gasteiger partial charge in [-0.05, 0) is 38.2 Å². The average molecular weight is 671 g/mol. The van der Waals surface area contributed by atoms with E-state index >= 15 is 0 Å². The Kier molecular flexibility index (Phi) is 13.5. The van der Waals surface area contributed by atoms with Crippen LogP contribution < -0.4 is 27.4 Å². The van der Waals surface area contributed by atoms with E-state index in [1.807, 2.05) is 6.92 Å².